The lowest BCUT2D eigenvalue weighted by atomic mass is 10.1. The highest BCUT2D eigenvalue weighted by Gasteiger charge is 2.18. The number of carboxylic acid groups (broad SMARTS) is 1. The molecule has 0 amide bonds. The number of nitrogens with zero attached hydrogens (tertiary/aromatic N) is 2. The predicted molar refractivity (Wildman–Crippen MR) is 64.4 cm³/mol. The molecular formula is C13H10N2O3. The van der Waals surface area contributed by atoms with Crippen LogP contribution in [0.2, 0.25) is 0 Å². The SMILES string of the molecule is CC(C#N)Oc1cnc2ccccc2c1C(=O)O. The van der Waals surface area contributed by atoms with Gasteiger partial charge in [-0.25, -0.2) is 4.79 Å². The quantitative estimate of drug-likeness (QED) is 0.892. The van der Waals surface area contributed by atoms with Gasteiger partial charge in [-0.2, -0.15) is 5.26 Å². The van der Waals surface area contributed by atoms with Gasteiger partial charge in [0.2, 0.25) is 0 Å². The van der Waals surface area contributed by atoms with Crippen LogP contribution in [0.15, 0.2) is 30.5 Å². The number of rotatable bonds is 3. The van der Waals surface area contributed by atoms with E-state index in [4.69, 9.17) is 10.00 Å². The van der Waals surface area contributed by atoms with Crippen LogP contribution in [0.3, 0.4) is 0 Å². The van der Waals surface area contributed by atoms with Crippen LogP contribution in [-0.4, -0.2) is 22.2 Å². The Morgan fingerprint density at radius 1 is 1.50 bits per heavy atom. The van der Waals surface area contributed by atoms with E-state index in [9.17, 15) is 9.90 Å². The molecule has 1 N–H and O–H groups in total. The van der Waals surface area contributed by atoms with E-state index in [1.165, 1.54) is 6.20 Å². The summed E-state index contributed by atoms with van der Waals surface area (Å²) in [5.41, 5.74) is 0.606. The molecule has 1 aromatic carbocycles. The first-order valence-corrected chi connectivity index (χ1v) is 5.31. The number of aromatic carboxylic acids is 1. The van der Waals surface area contributed by atoms with Gasteiger partial charge in [-0.05, 0) is 13.0 Å². The Balaban J connectivity index is 2.64. The molecule has 0 radical (unpaired) electrons. The molecule has 18 heavy (non-hydrogen) atoms. The second-order valence-corrected chi connectivity index (χ2v) is 3.71. The molecule has 0 fully saturated rings. The molecule has 0 saturated carbocycles. The number of ether oxygens (including phenoxy) is 1. The molecule has 0 aliphatic carbocycles. The summed E-state index contributed by atoms with van der Waals surface area (Å²) >= 11 is 0. The van der Waals surface area contributed by atoms with Crippen LogP contribution in [-0.2, 0) is 0 Å². The highest BCUT2D eigenvalue weighted by molar-refractivity contribution is 6.04. The van der Waals surface area contributed by atoms with E-state index in [0.29, 0.717) is 10.9 Å². The van der Waals surface area contributed by atoms with Crippen molar-refractivity contribution in [2.24, 2.45) is 0 Å². The van der Waals surface area contributed by atoms with Crippen LogP contribution in [0.5, 0.6) is 5.75 Å². The summed E-state index contributed by atoms with van der Waals surface area (Å²) in [4.78, 5) is 15.4. The average Bonchev–Trinajstić information content (AvgIpc) is 2.37. The van der Waals surface area contributed by atoms with Gasteiger partial charge < -0.3 is 9.84 Å². The van der Waals surface area contributed by atoms with Crippen LogP contribution in [0.1, 0.15) is 17.3 Å². The molecule has 1 atom stereocenters. The van der Waals surface area contributed by atoms with Gasteiger partial charge >= 0.3 is 5.97 Å². The molecule has 2 rings (SSSR count). The number of aromatic nitrogens is 1. The number of fused-ring (bicyclic) bond motifs is 1. The van der Waals surface area contributed by atoms with Gasteiger partial charge in [-0.15, -0.1) is 0 Å². The summed E-state index contributed by atoms with van der Waals surface area (Å²) in [6.45, 7) is 1.54. The van der Waals surface area contributed by atoms with E-state index in [-0.39, 0.29) is 11.3 Å². The zero-order valence-corrected chi connectivity index (χ0v) is 9.62. The molecule has 0 bridgehead atoms. The smallest absolute Gasteiger partial charge is 0.340 e. The fourth-order valence-corrected chi connectivity index (χ4v) is 1.65. The second kappa shape index (κ2) is 4.72. The first kappa shape index (κ1) is 11.9. The Morgan fingerprint density at radius 2 is 2.22 bits per heavy atom. The van der Waals surface area contributed by atoms with Gasteiger partial charge in [0.25, 0.3) is 0 Å². The maximum Gasteiger partial charge on any atom is 0.340 e. The lowest BCUT2D eigenvalue weighted by Gasteiger charge is -2.11. The standard InChI is InChI=1S/C13H10N2O3/c1-8(6-14)18-11-7-15-10-5-3-2-4-9(10)12(11)13(16)17/h2-5,7-8H,1H3,(H,16,17). The van der Waals surface area contributed by atoms with Crippen molar-refractivity contribution in [1.82, 2.24) is 4.98 Å². The molecule has 0 saturated heterocycles. The third-order valence-electron chi connectivity index (χ3n) is 2.44. The Labute approximate surface area is 103 Å². The van der Waals surface area contributed by atoms with E-state index in [1.54, 1.807) is 31.2 Å². The van der Waals surface area contributed by atoms with Gasteiger partial charge in [0.15, 0.2) is 11.9 Å². The molecule has 1 heterocycles. The molecular weight excluding hydrogens is 232 g/mol. The van der Waals surface area contributed by atoms with Crippen molar-refractivity contribution in [3.8, 4) is 11.8 Å². The lowest BCUT2D eigenvalue weighted by Crippen LogP contribution is -2.12. The number of carboxylic acids is 1. The summed E-state index contributed by atoms with van der Waals surface area (Å²) in [5, 5.41) is 18.4. The largest absolute Gasteiger partial charge is 0.478 e. The number of hydrogen-bond acceptors (Lipinski definition) is 4. The van der Waals surface area contributed by atoms with Crippen LogP contribution >= 0.6 is 0 Å². The number of para-hydroxylation sites is 1. The molecule has 0 spiro atoms. The van der Waals surface area contributed by atoms with Crippen molar-refractivity contribution < 1.29 is 14.6 Å². The van der Waals surface area contributed by atoms with Gasteiger partial charge in [0, 0.05) is 5.39 Å². The van der Waals surface area contributed by atoms with Crippen molar-refractivity contribution in [3.63, 3.8) is 0 Å². The normalized spacial score (nSPS) is 11.8. The molecule has 1 unspecified atom stereocenters. The molecule has 90 valence electrons. The molecule has 5 nitrogen and oxygen atoms in total. The van der Waals surface area contributed by atoms with Gasteiger partial charge in [0.05, 0.1) is 11.7 Å². The van der Waals surface area contributed by atoms with E-state index in [1.807, 2.05) is 6.07 Å². The maximum absolute atomic E-state index is 11.3. The summed E-state index contributed by atoms with van der Waals surface area (Å²) in [5.74, 6) is -0.996. The minimum atomic E-state index is -1.10. The molecule has 0 aliphatic heterocycles. The number of pyridine rings is 1. The minimum Gasteiger partial charge on any atom is -0.478 e. The highest BCUT2D eigenvalue weighted by Crippen LogP contribution is 2.26. The van der Waals surface area contributed by atoms with Crippen molar-refractivity contribution in [1.29, 1.82) is 5.26 Å². The number of benzene rings is 1. The van der Waals surface area contributed by atoms with Crippen molar-refractivity contribution in [2.75, 3.05) is 0 Å². The van der Waals surface area contributed by atoms with Crippen LogP contribution in [0.25, 0.3) is 10.9 Å². The number of nitriles is 1. The second-order valence-electron chi connectivity index (χ2n) is 3.71. The first-order valence-electron chi connectivity index (χ1n) is 5.31. The average molecular weight is 242 g/mol. The van der Waals surface area contributed by atoms with Crippen molar-refractivity contribution in [2.45, 2.75) is 13.0 Å². The fraction of sp³-hybridized carbons (Fsp3) is 0.154. The summed E-state index contributed by atoms with van der Waals surface area (Å²) in [7, 11) is 0. The molecule has 5 heteroatoms. The van der Waals surface area contributed by atoms with Gasteiger partial charge in [-0.1, -0.05) is 18.2 Å². The predicted octanol–water partition coefficient (Wildman–Crippen LogP) is 2.22. The maximum atomic E-state index is 11.3. The van der Waals surface area contributed by atoms with Crippen LogP contribution in [0, 0.1) is 11.3 Å². The van der Waals surface area contributed by atoms with E-state index >= 15 is 0 Å². The summed E-state index contributed by atoms with van der Waals surface area (Å²) < 4.78 is 5.26. The van der Waals surface area contributed by atoms with Crippen molar-refractivity contribution in [3.05, 3.63) is 36.0 Å². The zero-order valence-electron chi connectivity index (χ0n) is 9.62. The first-order chi connectivity index (χ1) is 8.63. The Bertz CT molecular complexity index is 646. The van der Waals surface area contributed by atoms with Gasteiger partial charge in [-0.3, -0.25) is 4.98 Å². The number of hydrogen-bond donors (Lipinski definition) is 1. The lowest BCUT2D eigenvalue weighted by molar-refractivity contribution is 0.0693. The van der Waals surface area contributed by atoms with Crippen LogP contribution in [0.4, 0.5) is 0 Å². The van der Waals surface area contributed by atoms with Gasteiger partial charge in [0.1, 0.15) is 11.6 Å². The summed E-state index contributed by atoms with van der Waals surface area (Å²) in [6, 6.07) is 8.78. The Morgan fingerprint density at radius 3 is 2.89 bits per heavy atom. The fourth-order valence-electron chi connectivity index (χ4n) is 1.65. The zero-order chi connectivity index (χ0) is 13.1. The van der Waals surface area contributed by atoms with E-state index in [0.717, 1.165) is 0 Å². The third kappa shape index (κ3) is 2.09. The topological polar surface area (TPSA) is 83.2 Å². The number of carbonyl (C=O) groups is 1. The van der Waals surface area contributed by atoms with E-state index < -0.39 is 12.1 Å². The van der Waals surface area contributed by atoms with Crippen LogP contribution < -0.4 is 4.74 Å². The molecule has 0 aliphatic rings. The molecule has 1 aromatic heterocycles. The highest BCUT2D eigenvalue weighted by atomic mass is 16.5. The molecule has 2 aromatic rings. The minimum absolute atomic E-state index is 0.0303. The monoisotopic (exact) mass is 242 g/mol. The Kier molecular flexibility index (Phi) is 3.11. The Hall–Kier alpha value is -2.61. The van der Waals surface area contributed by atoms with Crippen molar-refractivity contribution >= 4 is 16.9 Å². The third-order valence-corrected chi connectivity index (χ3v) is 2.44. The van der Waals surface area contributed by atoms with E-state index in [2.05, 4.69) is 4.98 Å². The summed E-state index contributed by atoms with van der Waals surface area (Å²) in [6.07, 6.45) is 0.602.